The molecule has 3 aromatic rings. The van der Waals surface area contributed by atoms with Crippen molar-refractivity contribution >= 4 is 29.1 Å². The van der Waals surface area contributed by atoms with Crippen LogP contribution in [-0.2, 0) is 20.8 Å². The summed E-state index contributed by atoms with van der Waals surface area (Å²) < 4.78 is 12.6. The molecule has 1 aromatic carbocycles. The van der Waals surface area contributed by atoms with Crippen LogP contribution in [0.25, 0.3) is 5.65 Å². The predicted molar refractivity (Wildman–Crippen MR) is 151 cm³/mol. The Hall–Kier alpha value is -3.54. The molecule has 0 radical (unpaired) electrons. The van der Waals surface area contributed by atoms with Crippen molar-refractivity contribution < 1.29 is 14.3 Å². The van der Waals surface area contributed by atoms with Crippen molar-refractivity contribution in [3.05, 3.63) is 53.7 Å². The van der Waals surface area contributed by atoms with Crippen LogP contribution in [-0.4, -0.2) is 82.5 Å². The van der Waals surface area contributed by atoms with E-state index in [9.17, 15) is 4.79 Å². The van der Waals surface area contributed by atoms with Crippen LogP contribution in [0.15, 0.2) is 42.6 Å². The maximum absolute atomic E-state index is 12.4. The van der Waals surface area contributed by atoms with E-state index in [2.05, 4.69) is 39.8 Å². The molecule has 0 spiro atoms. The normalized spacial score (nSPS) is 17.2. The molecule has 0 atom stereocenters. The van der Waals surface area contributed by atoms with Crippen molar-refractivity contribution in [2.45, 2.75) is 45.2 Å². The highest BCUT2D eigenvalue weighted by atomic mass is 16.5. The number of ether oxygens (including phenoxy) is 2. The molecule has 2 saturated heterocycles. The van der Waals surface area contributed by atoms with Gasteiger partial charge in [0.25, 0.3) is 0 Å². The van der Waals surface area contributed by atoms with Gasteiger partial charge in [0.15, 0.2) is 5.65 Å². The first kappa shape index (κ1) is 27.0. The lowest BCUT2D eigenvalue weighted by atomic mass is 10.1. The molecule has 39 heavy (non-hydrogen) atoms. The Kier molecular flexibility index (Phi) is 9.02. The summed E-state index contributed by atoms with van der Waals surface area (Å²) >= 11 is 0. The van der Waals surface area contributed by atoms with Gasteiger partial charge in [-0.25, -0.2) is 0 Å². The number of anilines is 3. The molecule has 0 bridgehead atoms. The maximum atomic E-state index is 12.4. The van der Waals surface area contributed by atoms with E-state index in [1.807, 2.05) is 36.5 Å². The molecule has 2 aromatic heterocycles. The molecule has 5 rings (SSSR count). The average Bonchev–Trinajstić information content (AvgIpc) is 3.38. The average molecular weight is 535 g/mol. The van der Waals surface area contributed by atoms with E-state index < -0.39 is 0 Å². The van der Waals surface area contributed by atoms with Gasteiger partial charge < -0.3 is 25.4 Å². The fraction of sp³-hybridized carbons (Fsp3) is 0.500. The van der Waals surface area contributed by atoms with Gasteiger partial charge in [-0.3, -0.25) is 9.69 Å². The molecule has 0 unspecified atom stereocenters. The van der Waals surface area contributed by atoms with Gasteiger partial charge in [-0.05, 0) is 36.5 Å². The van der Waals surface area contributed by atoms with E-state index in [1.165, 1.54) is 0 Å². The number of amides is 1. The zero-order valence-corrected chi connectivity index (χ0v) is 22.7. The van der Waals surface area contributed by atoms with Gasteiger partial charge in [-0.1, -0.05) is 32.1 Å². The number of nitrogens with one attached hydrogen (secondary N) is 3. The van der Waals surface area contributed by atoms with Gasteiger partial charge in [-0.2, -0.15) is 19.6 Å². The fourth-order valence-electron chi connectivity index (χ4n) is 4.72. The molecule has 0 aliphatic carbocycles. The maximum Gasteiger partial charge on any atom is 0.248 e. The molecule has 2 aliphatic heterocycles. The highest BCUT2D eigenvalue weighted by Crippen LogP contribution is 2.23. The molecule has 2 fully saturated rings. The third-order valence-corrected chi connectivity index (χ3v) is 6.95. The van der Waals surface area contributed by atoms with E-state index in [4.69, 9.17) is 19.4 Å². The highest BCUT2D eigenvalue weighted by molar-refractivity contribution is 5.99. The second-order valence-corrected chi connectivity index (χ2v) is 10.3. The molecule has 2 aliphatic rings. The van der Waals surface area contributed by atoms with E-state index in [0.717, 1.165) is 81.4 Å². The van der Waals surface area contributed by atoms with Crippen molar-refractivity contribution in [2.75, 3.05) is 62.0 Å². The quantitative estimate of drug-likeness (QED) is 0.337. The molecule has 0 saturated carbocycles. The second-order valence-electron chi connectivity index (χ2n) is 10.3. The van der Waals surface area contributed by atoms with Crippen LogP contribution in [0.3, 0.4) is 0 Å². The van der Waals surface area contributed by atoms with Gasteiger partial charge in [0.05, 0.1) is 19.4 Å². The number of benzene rings is 1. The summed E-state index contributed by atoms with van der Waals surface area (Å²) in [5.74, 6) is 1.34. The summed E-state index contributed by atoms with van der Waals surface area (Å²) in [4.78, 5) is 24.3. The zero-order valence-electron chi connectivity index (χ0n) is 22.7. The van der Waals surface area contributed by atoms with Gasteiger partial charge in [0, 0.05) is 62.8 Å². The summed E-state index contributed by atoms with van der Waals surface area (Å²) in [5, 5.41) is 14.4. The van der Waals surface area contributed by atoms with Crippen LogP contribution < -0.4 is 16.0 Å². The van der Waals surface area contributed by atoms with Crippen molar-refractivity contribution in [1.29, 1.82) is 0 Å². The smallest absolute Gasteiger partial charge is 0.248 e. The summed E-state index contributed by atoms with van der Waals surface area (Å²) in [5.41, 5.74) is 3.61. The Morgan fingerprint density at radius 3 is 2.72 bits per heavy atom. The summed E-state index contributed by atoms with van der Waals surface area (Å²) in [7, 11) is 0. The first-order valence-corrected chi connectivity index (χ1v) is 13.8. The van der Waals surface area contributed by atoms with Gasteiger partial charge in [0.2, 0.25) is 17.8 Å². The van der Waals surface area contributed by atoms with E-state index in [0.29, 0.717) is 18.4 Å². The van der Waals surface area contributed by atoms with Crippen LogP contribution in [0.5, 0.6) is 0 Å². The Bertz CT molecular complexity index is 1280. The van der Waals surface area contributed by atoms with Crippen molar-refractivity contribution in [1.82, 2.24) is 24.5 Å². The van der Waals surface area contributed by atoms with Gasteiger partial charge in [0.1, 0.15) is 0 Å². The number of nitrogens with zero attached hydrogens (tertiary/aromatic N) is 5. The number of rotatable bonds is 10. The van der Waals surface area contributed by atoms with Gasteiger partial charge >= 0.3 is 0 Å². The van der Waals surface area contributed by atoms with Crippen LogP contribution >= 0.6 is 0 Å². The molecular weight excluding hydrogens is 496 g/mol. The first-order chi connectivity index (χ1) is 19.0. The molecule has 4 heterocycles. The first-order valence-electron chi connectivity index (χ1n) is 13.8. The summed E-state index contributed by atoms with van der Waals surface area (Å²) in [6.45, 7) is 10.3. The van der Waals surface area contributed by atoms with Gasteiger partial charge in [-0.15, -0.1) is 0 Å². The largest absolute Gasteiger partial charge is 0.381 e. The van der Waals surface area contributed by atoms with Crippen molar-refractivity contribution in [3.8, 4) is 0 Å². The van der Waals surface area contributed by atoms with Crippen LogP contribution in [0.1, 0.15) is 43.7 Å². The fourth-order valence-corrected chi connectivity index (χ4v) is 4.72. The number of carbonyl (C=O) groups is 1. The topological polar surface area (TPSA) is 118 Å². The lowest BCUT2D eigenvalue weighted by Gasteiger charge is -2.25. The van der Waals surface area contributed by atoms with Crippen LogP contribution in [0, 0.1) is 0 Å². The Labute approximate surface area is 229 Å². The SMILES string of the molecule is CC(C)c1cnn2c(NCc3cccc(NC(=O)/C=C/CN4CCOCC4)c3)nc(NC3CCOCC3)nc12. The summed E-state index contributed by atoms with van der Waals surface area (Å²) in [6, 6.07) is 8.07. The Balaban J connectivity index is 1.25. The molecule has 11 heteroatoms. The van der Waals surface area contributed by atoms with Crippen LogP contribution in [0.4, 0.5) is 17.6 Å². The standard InChI is InChI=1S/C28H38N8O3/c1-20(2)24-19-30-36-26(24)33-27(32-22-8-13-38-14-9-22)34-28(36)29-18-21-5-3-6-23(17-21)31-25(37)7-4-10-35-11-15-39-16-12-35/h3-7,17,19-20,22H,8-16,18H2,1-2H3,(H,31,37)(H2,29,32,33,34)/b7-4+. The number of carbonyl (C=O) groups excluding carboxylic acids is 1. The highest BCUT2D eigenvalue weighted by Gasteiger charge is 2.19. The zero-order chi connectivity index (χ0) is 27.0. The van der Waals surface area contributed by atoms with Crippen molar-refractivity contribution in [2.24, 2.45) is 0 Å². The lowest BCUT2D eigenvalue weighted by Crippen LogP contribution is -2.36. The number of aromatic nitrogens is 4. The molecular formula is C28H38N8O3. The minimum atomic E-state index is -0.146. The molecule has 208 valence electrons. The third kappa shape index (κ3) is 7.31. The minimum Gasteiger partial charge on any atom is -0.381 e. The molecule has 11 nitrogen and oxygen atoms in total. The Morgan fingerprint density at radius 2 is 1.92 bits per heavy atom. The van der Waals surface area contributed by atoms with E-state index in [-0.39, 0.29) is 17.9 Å². The Morgan fingerprint density at radius 1 is 1.13 bits per heavy atom. The number of hydrogen-bond donors (Lipinski definition) is 3. The number of fused-ring (bicyclic) bond motifs is 1. The number of hydrogen-bond acceptors (Lipinski definition) is 9. The monoisotopic (exact) mass is 534 g/mol. The van der Waals surface area contributed by atoms with E-state index in [1.54, 1.807) is 10.6 Å². The van der Waals surface area contributed by atoms with Crippen LogP contribution in [0.2, 0.25) is 0 Å². The second kappa shape index (κ2) is 13.0. The van der Waals surface area contributed by atoms with Crippen molar-refractivity contribution in [3.63, 3.8) is 0 Å². The number of morpholine rings is 1. The summed E-state index contributed by atoms with van der Waals surface area (Å²) in [6.07, 6.45) is 7.20. The van der Waals surface area contributed by atoms with E-state index >= 15 is 0 Å². The third-order valence-electron chi connectivity index (χ3n) is 6.95. The predicted octanol–water partition coefficient (Wildman–Crippen LogP) is 3.28. The molecule has 1 amide bonds. The lowest BCUT2D eigenvalue weighted by molar-refractivity contribution is -0.111. The molecule has 3 N–H and O–H groups in total. The minimum absolute atomic E-state index is 0.146.